The molecule has 0 aliphatic rings. The Morgan fingerprint density at radius 2 is 1.68 bits per heavy atom. The van der Waals surface area contributed by atoms with E-state index in [1.165, 1.54) is 17.4 Å². The van der Waals surface area contributed by atoms with Gasteiger partial charge in [-0.2, -0.15) is 0 Å². The van der Waals surface area contributed by atoms with E-state index in [1.807, 2.05) is 48.5 Å². The summed E-state index contributed by atoms with van der Waals surface area (Å²) in [6, 6.07) is 16.9. The molecule has 0 bridgehead atoms. The van der Waals surface area contributed by atoms with E-state index in [-0.39, 0.29) is 5.43 Å². The molecule has 0 saturated carbocycles. The third-order valence-corrected chi connectivity index (χ3v) is 4.50. The van der Waals surface area contributed by atoms with E-state index in [2.05, 4.69) is 0 Å². The molecule has 3 rings (SSSR count). The van der Waals surface area contributed by atoms with Crippen LogP contribution in [0.5, 0.6) is 0 Å². The van der Waals surface area contributed by atoms with Crippen molar-refractivity contribution < 1.29 is 9.90 Å². The van der Waals surface area contributed by atoms with Gasteiger partial charge in [-0.05, 0) is 23.8 Å². The lowest BCUT2D eigenvalue weighted by Gasteiger charge is -2.07. The average Bonchev–Trinajstić information content (AvgIpc) is 2.54. The van der Waals surface area contributed by atoms with E-state index in [0.717, 1.165) is 21.2 Å². The van der Waals surface area contributed by atoms with Crippen LogP contribution in [0.4, 0.5) is 0 Å². The second-order valence-electron chi connectivity index (χ2n) is 4.71. The average molecular weight is 308 g/mol. The Morgan fingerprint density at radius 1 is 1.00 bits per heavy atom. The van der Waals surface area contributed by atoms with Crippen molar-refractivity contribution in [3.8, 4) is 10.4 Å². The van der Waals surface area contributed by atoms with Gasteiger partial charge < -0.3 is 5.11 Å². The maximum absolute atomic E-state index is 12.7. The van der Waals surface area contributed by atoms with Crippen LogP contribution in [0.3, 0.4) is 0 Å². The molecule has 2 aromatic carbocycles. The second kappa shape index (κ2) is 5.95. The van der Waals surface area contributed by atoms with Gasteiger partial charge in [0, 0.05) is 26.6 Å². The summed E-state index contributed by atoms with van der Waals surface area (Å²) in [4.78, 5) is 24.3. The standard InChI is InChI=1S/C18H12O3S/c19-16(20)11-10-14-17(21)13-8-4-5-9-15(13)22-18(14)12-6-2-1-3-7-12/h1-11H,(H,19,20). The van der Waals surface area contributed by atoms with Gasteiger partial charge in [0.05, 0.1) is 0 Å². The minimum absolute atomic E-state index is 0.147. The molecule has 0 atom stereocenters. The smallest absolute Gasteiger partial charge is 0.328 e. The maximum atomic E-state index is 12.7. The molecule has 0 aliphatic carbocycles. The summed E-state index contributed by atoms with van der Waals surface area (Å²) in [7, 11) is 0. The number of carboxylic acids is 1. The van der Waals surface area contributed by atoms with Crippen LogP contribution in [0, 0.1) is 0 Å². The van der Waals surface area contributed by atoms with Crippen LogP contribution in [0.15, 0.2) is 65.5 Å². The number of carbonyl (C=O) groups is 1. The van der Waals surface area contributed by atoms with Gasteiger partial charge >= 0.3 is 5.97 Å². The maximum Gasteiger partial charge on any atom is 0.328 e. The summed E-state index contributed by atoms with van der Waals surface area (Å²) in [6.45, 7) is 0. The summed E-state index contributed by atoms with van der Waals surface area (Å²) < 4.78 is 0.888. The normalized spacial score (nSPS) is 11.1. The second-order valence-corrected chi connectivity index (χ2v) is 5.76. The Morgan fingerprint density at radius 3 is 2.41 bits per heavy atom. The molecule has 22 heavy (non-hydrogen) atoms. The van der Waals surface area contributed by atoms with Crippen molar-refractivity contribution in [3.63, 3.8) is 0 Å². The van der Waals surface area contributed by atoms with Gasteiger partial charge in [-0.15, -0.1) is 11.3 Å². The Hall–Kier alpha value is -2.72. The number of fused-ring (bicyclic) bond motifs is 1. The number of aliphatic carboxylic acids is 1. The molecular formula is C18H12O3S. The summed E-state index contributed by atoms with van der Waals surface area (Å²) in [5.41, 5.74) is 1.17. The van der Waals surface area contributed by atoms with Gasteiger partial charge in [0.1, 0.15) is 0 Å². The molecule has 1 aromatic heterocycles. The highest BCUT2D eigenvalue weighted by molar-refractivity contribution is 7.21. The summed E-state index contributed by atoms with van der Waals surface area (Å²) >= 11 is 1.49. The zero-order chi connectivity index (χ0) is 15.5. The van der Waals surface area contributed by atoms with E-state index < -0.39 is 5.97 Å². The highest BCUT2D eigenvalue weighted by Gasteiger charge is 2.12. The predicted molar refractivity (Wildman–Crippen MR) is 90.2 cm³/mol. The quantitative estimate of drug-likeness (QED) is 0.743. The van der Waals surface area contributed by atoms with Crippen LogP contribution in [0.25, 0.3) is 26.6 Å². The van der Waals surface area contributed by atoms with Crippen LogP contribution >= 0.6 is 11.3 Å². The Balaban J connectivity index is 2.36. The lowest BCUT2D eigenvalue weighted by atomic mass is 10.1. The van der Waals surface area contributed by atoms with E-state index >= 15 is 0 Å². The van der Waals surface area contributed by atoms with E-state index in [4.69, 9.17) is 5.11 Å². The fourth-order valence-corrected chi connectivity index (χ4v) is 3.43. The molecule has 0 radical (unpaired) electrons. The highest BCUT2D eigenvalue weighted by Crippen LogP contribution is 2.31. The zero-order valence-corrected chi connectivity index (χ0v) is 12.3. The van der Waals surface area contributed by atoms with Gasteiger partial charge in [-0.25, -0.2) is 4.79 Å². The van der Waals surface area contributed by atoms with Crippen molar-refractivity contribution in [2.24, 2.45) is 0 Å². The van der Waals surface area contributed by atoms with E-state index in [1.54, 1.807) is 6.07 Å². The molecule has 0 saturated heterocycles. The first-order valence-corrected chi connectivity index (χ1v) is 7.51. The molecule has 3 aromatic rings. The molecule has 0 spiro atoms. The summed E-state index contributed by atoms with van der Waals surface area (Å²) in [5, 5.41) is 9.46. The predicted octanol–water partition coefficient (Wildman–Crippen LogP) is 4.03. The number of hydrogen-bond acceptors (Lipinski definition) is 3. The fourth-order valence-electron chi connectivity index (χ4n) is 2.27. The number of carboxylic acid groups (broad SMARTS) is 1. The van der Waals surface area contributed by atoms with Crippen LogP contribution in [-0.4, -0.2) is 11.1 Å². The SMILES string of the molecule is O=C(O)C=Cc1c(-c2ccccc2)sc2ccccc2c1=O. The van der Waals surface area contributed by atoms with Crippen molar-refractivity contribution in [3.05, 3.63) is 76.5 Å². The van der Waals surface area contributed by atoms with Crippen LogP contribution in [0.1, 0.15) is 5.56 Å². The molecule has 0 amide bonds. The Labute approximate surface area is 130 Å². The van der Waals surface area contributed by atoms with Crippen LogP contribution < -0.4 is 5.43 Å². The van der Waals surface area contributed by atoms with Gasteiger partial charge in [-0.1, -0.05) is 42.5 Å². The van der Waals surface area contributed by atoms with Crippen molar-refractivity contribution >= 4 is 33.5 Å². The third-order valence-electron chi connectivity index (χ3n) is 3.26. The molecule has 1 N–H and O–H groups in total. The first-order valence-electron chi connectivity index (χ1n) is 6.69. The van der Waals surface area contributed by atoms with Crippen molar-refractivity contribution in [2.45, 2.75) is 0 Å². The van der Waals surface area contributed by atoms with Gasteiger partial charge in [0.25, 0.3) is 0 Å². The molecule has 3 nitrogen and oxygen atoms in total. The number of benzene rings is 2. The van der Waals surface area contributed by atoms with Crippen molar-refractivity contribution in [1.29, 1.82) is 0 Å². The monoisotopic (exact) mass is 308 g/mol. The summed E-state index contributed by atoms with van der Waals surface area (Å²) in [6.07, 6.45) is 2.39. The molecule has 4 heteroatoms. The number of hydrogen-bond donors (Lipinski definition) is 1. The Bertz CT molecular complexity index is 924. The lowest BCUT2D eigenvalue weighted by Crippen LogP contribution is -2.06. The minimum atomic E-state index is -1.07. The van der Waals surface area contributed by atoms with Crippen molar-refractivity contribution in [2.75, 3.05) is 0 Å². The Kier molecular flexibility index (Phi) is 3.85. The van der Waals surface area contributed by atoms with E-state index in [0.29, 0.717) is 10.9 Å². The van der Waals surface area contributed by atoms with Gasteiger partial charge in [0.15, 0.2) is 5.43 Å². The molecule has 0 unspecified atom stereocenters. The van der Waals surface area contributed by atoms with Gasteiger partial charge in [0.2, 0.25) is 0 Å². The van der Waals surface area contributed by atoms with Gasteiger partial charge in [-0.3, -0.25) is 4.79 Å². The van der Waals surface area contributed by atoms with Crippen LogP contribution in [-0.2, 0) is 4.79 Å². The molecular weight excluding hydrogens is 296 g/mol. The first kappa shape index (κ1) is 14.2. The highest BCUT2D eigenvalue weighted by atomic mass is 32.1. The zero-order valence-electron chi connectivity index (χ0n) is 11.5. The van der Waals surface area contributed by atoms with E-state index in [9.17, 15) is 9.59 Å². The molecule has 108 valence electrons. The molecule has 1 heterocycles. The third kappa shape index (κ3) is 2.69. The fraction of sp³-hybridized carbons (Fsp3) is 0. The van der Waals surface area contributed by atoms with Crippen molar-refractivity contribution in [1.82, 2.24) is 0 Å². The molecule has 0 aliphatic heterocycles. The molecule has 0 fully saturated rings. The minimum Gasteiger partial charge on any atom is -0.478 e. The number of rotatable bonds is 3. The van der Waals surface area contributed by atoms with Crippen LogP contribution in [0.2, 0.25) is 0 Å². The topological polar surface area (TPSA) is 54.4 Å². The largest absolute Gasteiger partial charge is 0.478 e. The first-order chi connectivity index (χ1) is 10.7. The lowest BCUT2D eigenvalue weighted by molar-refractivity contribution is -0.131. The summed E-state index contributed by atoms with van der Waals surface area (Å²) in [5.74, 6) is -1.07.